The Bertz CT molecular complexity index is 600. The van der Waals surface area contributed by atoms with Gasteiger partial charge in [-0.2, -0.15) is 5.26 Å². The molecule has 2 nitrogen and oxygen atoms in total. The fraction of sp³-hybridized carbons (Fsp3) is 0.133. The molecule has 0 unspecified atom stereocenters. The Kier molecular flexibility index (Phi) is 3.91. The summed E-state index contributed by atoms with van der Waals surface area (Å²) in [5, 5.41) is 12.4. The van der Waals surface area contributed by atoms with Crippen molar-refractivity contribution in [2.75, 3.05) is 11.6 Å². The Hall–Kier alpha value is -1.92. The minimum absolute atomic E-state index is 0.671. The zero-order valence-electron chi connectivity index (χ0n) is 10.4. The Balaban J connectivity index is 2.31. The van der Waals surface area contributed by atoms with E-state index in [-0.39, 0.29) is 0 Å². The van der Waals surface area contributed by atoms with Gasteiger partial charge in [-0.3, -0.25) is 0 Å². The minimum atomic E-state index is 0.671. The van der Waals surface area contributed by atoms with E-state index in [9.17, 15) is 0 Å². The number of nitrogens with one attached hydrogen (secondary N) is 1. The van der Waals surface area contributed by atoms with Crippen LogP contribution in [0.1, 0.15) is 11.1 Å². The van der Waals surface area contributed by atoms with Gasteiger partial charge in [0, 0.05) is 10.6 Å². The topological polar surface area (TPSA) is 35.8 Å². The fourth-order valence-corrected chi connectivity index (χ4v) is 2.18. The van der Waals surface area contributed by atoms with E-state index in [0.29, 0.717) is 5.56 Å². The van der Waals surface area contributed by atoms with Crippen LogP contribution in [0.2, 0.25) is 0 Å². The second-order valence-electron chi connectivity index (χ2n) is 4.02. The zero-order valence-corrected chi connectivity index (χ0v) is 11.2. The first-order valence-electron chi connectivity index (χ1n) is 5.65. The highest BCUT2D eigenvalue weighted by Crippen LogP contribution is 2.24. The average molecular weight is 254 g/mol. The molecular weight excluding hydrogens is 240 g/mol. The van der Waals surface area contributed by atoms with Crippen molar-refractivity contribution in [2.24, 2.45) is 0 Å². The molecule has 0 saturated heterocycles. The lowest BCUT2D eigenvalue weighted by Gasteiger charge is -2.09. The number of hydrogen-bond acceptors (Lipinski definition) is 3. The number of anilines is 2. The van der Waals surface area contributed by atoms with E-state index in [1.807, 2.05) is 43.5 Å². The summed E-state index contributed by atoms with van der Waals surface area (Å²) in [5.74, 6) is 0. The van der Waals surface area contributed by atoms with Crippen molar-refractivity contribution in [3.63, 3.8) is 0 Å². The number of nitriles is 1. The number of aryl methyl sites for hydroxylation is 1. The van der Waals surface area contributed by atoms with E-state index in [1.54, 1.807) is 11.8 Å². The molecule has 3 heteroatoms. The first-order chi connectivity index (χ1) is 8.72. The molecular formula is C15H14N2S. The van der Waals surface area contributed by atoms with Gasteiger partial charge in [-0.15, -0.1) is 11.8 Å². The molecule has 0 bridgehead atoms. The smallest absolute Gasteiger partial charge is 0.101 e. The van der Waals surface area contributed by atoms with Crippen LogP contribution in [0.3, 0.4) is 0 Å². The zero-order chi connectivity index (χ0) is 13.0. The van der Waals surface area contributed by atoms with Crippen LogP contribution < -0.4 is 5.32 Å². The van der Waals surface area contributed by atoms with Crippen molar-refractivity contribution in [1.82, 2.24) is 0 Å². The van der Waals surface area contributed by atoms with Crippen molar-refractivity contribution < 1.29 is 0 Å². The summed E-state index contributed by atoms with van der Waals surface area (Å²) in [6, 6.07) is 16.2. The normalized spacial score (nSPS) is 9.83. The third kappa shape index (κ3) is 2.85. The molecule has 0 aromatic heterocycles. The van der Waals surface area contributed by atoms with Crippen molar-refractivity contribution in [3.8, 4) is 6.07 Å². The van der Waals surface area contributed by atoms with Gasteiger partial charge in [0.15, 0.2) is 0 Å². The van der Waals surface area contributed by atoms with Crippen molar-refractivity contribution in [1.29, 1.82) is 5.26 Å². The van der Waals surface area contributed by atoms with Gasteiger partial charge in [-0.05, 0) is 49.1 Å². The molecule has 0 atom stereocenters. The Morgan fingerprint density at radius 2 is 2.00 bits per heavy atom. The van der Waals surface area contributed by atoms with Gasteiger partial charge in [-0.1, -0.05) is 12.1 Å². The van der Waals surface area contributed by atoms with Crippen LogP contribution in [0.4, 0.5) is 11.4 Å². The maximum Gasteiger partial charge on any atom is 0.101 e. The third-order valence-electron chi connectivity index (χ3n) is 2.64. The van der Waals surface area contributed by atoms with Crippen molar-refractivity contribution >= 4 is 23.1 Å². The first kappa shape index (κ1) is 12.5. The molecule has 2 aromatic carbocycles. The van der Waals surface area contributed by atoms with Crippen LogP contribution in [-0.2, 0) is 0 Å². The van der Waals surface area contributed by atoms with E-state index in [0.717, 1.165) is 16.9 Å². The molecule has 2 aromatic rings. The number of hydrogen-bond donors (Lipinski definition) is 1. The molecule has 0 aliphatic carbocycles. The number of benzene rings is 2. The molecule has 0 aliphatic heterocycles. The van der Waals surface area contributed by atoms with Crippen molar-refractivity contribution in [3.05, 3.63) is 53.6 Å². The maximum atomic E-state index is 9.13. The standard InChI is InChI=1S/C15H14N2S/c1-11-6-7-15(12(8-11)10-16)17-13-4-3-5-14(9-13)18-2/h3-9,17H,1-2H3. The van der Waals surface area contributed by atoms with Crippen LogP contribution >= 0.6 is 11.8 Å². The molecule has 90 valence electrons. The molecule has 0 aliphatic rings. The lowest BCUT2D eigenvalue weighted by molar-refractivity contribution is 1.39. The van der Waals surface area contributed by atoms with Gasteiger partial charge in [-0.25, -0.2) is 0 Å². The second-order valence-corrected chi connectivity index (χ2v) is 4.90. The summed E-state index contributed by atoms with van der Waals surface area (Å²) in [6.45, 7) is 1.99. The monoisotopic (exact) mass is 254 g/mol. The molecule has 0 spiro atoms. The van der Waals surface area contributed by atoms with Crippen LogP contribution in [0, 0.1) is 18.3 Å². The van der Waals surface area contributed by atoms with Crippen molar-refractivity contribution in [2.45, 2.75) is 11.8 Å². The van der Waals surface area contributed by atoms with Crippen LogP contribution in [0.15, 0.2) is 47.4 Å². The Morgan fingerprint density at radius 3 is 2.72 bits per heavy atom. The second kappa shape index (κ2) is 5.61. The van der Waals surface area contributed by atoms with Crippen LogP contribution in [0.5, 0.6) is 0 Å². The van der Waals surface area contributed by atoms with Crippen LogP contribution in [0.25, 0.3) is 0 Å². The van der Waals surface area contributed by atoms with Gasteiger partial charge >= 0.3 is 0 Å². The lowest BCUT2D eigenvalue weighted by Crippen LogP contribution is -1.94. The van der Waals surface area contributed by atoms with E-state index in [4.69, 9.17) is 5.26 Å². The van der Waals surface area contributed by atoms with Crippen LogP contribution in [-0.4, -0.2) is 6.26 Å². The Morgan fingerprint density at radius 1 is 1.17 bits per heavy atom. The average Bonchev–Trinajstić information content (AvgIpc) is 2.41. The predicted octanol–water partition coefficient (Wildman–Crippen LogP) is 4.33. The summed E-state index contributed by atoms with van der Waals surface area (Å²) >= 11 is 1.70. The van der Waals surface area contributed by atoms with Gasteiger partial charge in [0.25, 0.3) is 0 Å². The summed E-state index contributed by atoms with van der Waals surface area (Å²) in [6.07, 6.45) is 2.05. The van der Waals surface area contributed by atoms with E-state index in [2.05, 4.69) is 23.5 Å². The Labute approximate surface area is 112 Å². The van der Waals surface area contributed by atoms with E-state index < -0.39 is 0 Å². The lowest BCUT2D eigenvalue weighted by atomic mass is 10.1. The minimum Gasteiger partial charge on any atom is -0.354 e. The summed E-state index contributed by atoms with van der Waals surface area (Å²) < 4.78 is 0. The number of nitrogens with zero attached hydrogens (tertiary/aromatic N) is 1. The van der Waals surface area contributed by atoms with Gasteiger partial charge in [0.2, 0.25) is 0 Å². The predicted molar refractivity (Wildman–Crippen MR) is 77.4 cm³/mol. The highest BCUT2D eigenvalue weighted by Gasteiger charge is 2.03. The quantitative estimate of drug-likeness (QED) is 0.828. The maximum absolute atomic E-state index is 9.13. The largest absolute Gasteiger partial charge is 0.354 e. The molecule has 1 N–H and O–H groups in total. The summed E-state index contributed by atoms with van der Waals surface area (Å²) in [5.41, 5.74) is 3.61. The fourth-order valence-electron chi connectivity index (χ4n) is 1.72. The number of rotatable bonds is 3. The molecule has 0 radical (unpaired) electrons. The first-order valence-corrected chi connectivity index (χ1v) is 6.87. The molecule has 0 amide bonds. The van der Waals surface area contributed by atoms with Gasteiger partial charge < -0.3 is 5.32 Å². The van der Waals surface area contributed by atoms with Gasteiger partial charge in [0.1, 0.15) is 6.07 Å². The number of thioether (sulfide) groups is 1. The summed E-state index contributed by atoms with van der Waals surface area (Å²) in [7, 11) is 0. The third-order valence-corrected chi connectivity index (χ3v) is 3.37. The van der Waals surface area contributed by atoms with Gasteiger partial charge in [0.05, 0.1) is 11.3 Å². The highest BCUT2D eigenvalue weighted by molar-refractivity contribution is 7.98. The molecule has 0 fully saturated rings. The SMILES string of the molecule is CSc1cccc(Nc2ccc(C)cc2C#N)c1. The van der Waals surface area contributed by atoms with E-state index >= 15 is 0 Å². The summed E-state index contributed by atoms with van der Waals surface area (Å²) in [4.78, 5) is 1.20. The highest BCUT2D eigenvalue weighted by atomic mass is 32.2. The molecule has 0 saturated carbocycles. The van der Waals surface area contributed by atoms with E-state index in [1.165, 1.54) is 4.90 Å². The molecule has 18 heavy (non-hydrogen) atoms. The molecule has 0 heterocycles. The molecule has 2 rings (SSSR count).